The number of H-pyrrole nitrogens is 1. The Bertz CT molecular complexity index is 564. The summed E-state index contributed by atoms with van der Waals surface area (Å²) in [5.41, 5.74) is 7.21. The van der Waals surface area contributed by atoms with Gasteiger partial charge in [0, 0.05) is 5.69 Å². The van der Waals surface area contributed by atoms with E-state index in [0.29, 0.717) is 16.9 Å². The quantitative estimate of drug-likeness (QED) is 0.691. The van der Waals surface area contributed by atoms with E-state index >= 15 is 0 Å². The van der Waals surface area contributed by atoms with Crippen molar-refractivity contribution < 1.29 is 9.18 Å². The summed E-state index contributed by atoms with van der Waals surface area (Å²) in [6, 6.07) is 3.80. The van der Waals surface area contributed by atoms with Crippen LogP contribution in [-0.4, -0.2) is 16.1 Å². The molecule has 2 aromatic rings. The van der Waals surface area contributed by atoms with Gasteiger partial charge in [0.2, 0.25) is 0 Å². The van der Waals surface area contributed by atoms with E-state index in [1.165, 1.54) is 24.4 Å². The number of aromatic nitrogens is 2. The van der Waals surface area contributed by atoms with Crippen LogP contribution in [0.1, 0.15) is 16.1 Å². The number of anilines is 2. The Morgan fingerprint density at radius 2 is 2.29 bits per heavy atom. The van der Waals surface area contributed by atoms with Gasteiger partial charge in [0.15, 0.2) is 0 Å². The molecule has 0 saturated carbocycles. The van der Waals surface area contributed by atoms with Gasteiger partial charge in [0.25, 0.3) is 5.91 Å². The van der Waals surface area contributed by atoms with Gasteiger partial charge in [0.1, 0.15) is 5.82 Å². The number of nitrogens with zero attached hydrogens (tertiary/aromatic N) is 1. The number of halogens is 1. The molecule has 1 heterocycles. The first-order chi connectivity index (χ1) is 8.08. The maximum atomic E-state index is 13.0. The molecule has 88 valence electrons. The van der Waals surface area contributed by atoms with Crippen molar-refractivity contribution in [1.82, 2.24) is 10.2 Å². The third-order valence-corrected chi connectivity index (χ3v) is 2.34. The standard InChI is InChI=1S/C11H11FN4O/c1-6-8(5-14-16-6)11(17)15-10-4-7(12)2-3-9(10)13/h2-5H,13H2,1H3,(H,14,16)(H,15,17). The Balaban J connectivity index is 2.24. The van der Waals surface area contributed by atoms with E-state index in [9.17, 15) is 9.18 Å². The van der Waals surface area contributed by atoms with E-state index < -0.39 is 5.82 Å². The van der Waals surface area contributed by atoms with Crippen molar-refractivity contribution in [3.8, 4) is 0 Å². The number of carbonyl (C=O) groups is 1. The average Bonchev–Trinajstić information content (AvgIpc) is 2.70. The summed E-state index contributed by atoms with van der Waals surface area (Å²) in [5, 5.41) is 8.91. The fourth-order valence-corrected chi connectivity index (χ4v) is 1.41. The third-order valence-electron chi connectivity index (χ3n) is 2.34. The van der Waals surface area contributed by atoms with Crippen molar-refractivity contribution in [1.29, 1.82) is 0 Å². The fraction of sp³-hybridized carbons (Fsp3) is 0.0909. The number of amides is 1. The first-order valence-corrected chi connectivity index (χ1v) is 4.94. The molecule has 0 aliphatic rings. The molecule has 1 aromatic carbocycles. The largest absolute Gasteiger partial charge is 0.397 e. The van der Waals surface area contributed by atoms with Crippen molar-refractivity contribution in [2.45, 2.75) is 6.92 Å². The zero-order valence-electron chi connectivity index (χ0n) is 9.12. The Labute approximate surface area is 96.8 Å². The molecule has 17 heavy (non-hydrogen) atoms. The molecule has 0 aliphatic carbocycles. The lowest BCUT2D eigenvalue weighted by Gasteiger charge is -2.07. The Hall–Kier alpha value is -2.37. The lowest BCUT2D eigenvalue weighted by molar-refractivity contribution is 0.102. The maximum absolute atomic E-state index is 13.0. The van der Waals surface area contributed by atoms with Crippen LogP contribution in [0.25, 0.3) is 0 Å². The lowest BCUT2D eigenvalue weighted by Crippen LogP contribution is -2.13. The molecule has 0 radical (unpaired) electrons. The van der Waals surface area contributed by atoms with E-state index in [4.69, 9.17) is 5.73 Å². The van der Waals surface area contributed by atoms with Gasteiger partial charge in [0.05, 0.1) is 23.1 Å². The van der Waals surface area contributed by atoms with Crippen LogP contribution in [0.2, 0.25) is 0 Å². The number of benzene rings is 1. The second-order valence-corrected chi connectivity index (χ2v) is 3.59. The number of hydrogen-bond donors (Lipinski definition) is 3. The van der Waals surface area contributed by atoms with Gasteiger partial charge in [-0.05, 0) is 25.1 Å². The SMILES string of the molecule is Cc1[nH]ncc1C(=O)Nc1cc(F)ccc1N. The Kier molecular flexibility index (Phi) is 2.78. The molecule has 0 spiro atoms. The van der Waals surface area contributed by atoms with E-state index in [1.54, 1.807) is 6.92 Å². The molecule has 0 aliphatic heterocycles. The summed E-state index contributed by atoms with van der Waals surface area (Å²) in [7, 11) is 0. The molecule has 0 atom stereocenters. The van der Waals surface area contributed by atoms with Gasteiger partial charge < -0.3 is 11.1 Å². The monoisotopic (exact) mass is 234 g/mol. The van der Waals surface area contributed by atoms with E-state index in [2.05, 4.69) is 15.5 Å². The number of nitrogens with two attached hydrogens (primary N) is 1. The van der Waals surface area contributed by atoms with Crippen LogP contribution < -0.4 is 11.1 Å². The van der Waals surface area contributed by atoms with Gasteiger partial charge in [-0.2, -0.15) is 5.10 Å². The molecule has 2 rings (SSSR count). The average molecular weight is 234 g/mol. The molecule has 6 heteroatoms. The highest BCUT2D eigenvalue weighted by atomic mass is 19.1. The van der Waals surface area contributed by atoms with Gasteiger partial charge >= 0.3 is 0 Å². The number of aryl methyl sites for hydroxylation is 1. The second kappa shape index (κ2) is 4.25. The van der Waals surface area contributed by atoms with Crippen molar-refractivity contribution in [3.63, 3.8) is 0 Å². The summed E-state index contributed by atoms with van der Waals surface area (Å²) in [4.78, 5) is 11.8. The first-order valence-electron chi connectivity index (χ1n) is 4.94. The van der Waals surface area contributed by atoms with Gasteiger partial charge in [-0.15, -0.1) is 0 Å². The number of aromatic amines is 1. The minimum Gasteiger partial charge on any atom is -0.397 e. The molecule has 1 aromatic heterocycles. The van der Waals surface area contributed by atoms with Gasteiger partial charge in [-0.25, -0.2) is 4.39 Å². The van der Waals surface area contributed by atoms with Crippen molar-refractivity contribution in [3.05, 3.63) is 41.5 Å². The molecule has 5 nitrogen and oxygen atoms in total. The number of nitrogen functional groups attached to an aromatic ring is 1. The zero-order chi connectivity index (χ0) is 12.4. The molecule has 4 N–H and O–H groups in total. The van der Waals surface area contributed by atoms with Crippen LogP contribution in [0.15, 0.2) is 24.4 Å². The first kappa shape index (κ1) is 11.1. The Morgan fingerprint density at radius 1 is 1.53 bits per heavy atom. The van der Waals surface area contributed by atoms with E-state index in [1.807, 2.05) is 0 Å². The zero-order valence-corrected chi connectivity index (χ0v) is 9.12. The number of hydrogen-bond acceptors (Lipinski definition) is 3. The van der Waals surface area contributed by atoms with Gasteiger partial charge in [-0.3, -0.25) is 9.89 Å². The molecule has 0 unspecified atom stereocenters. The van der Waals surface area contributed by atoms with Gasteiger partial charge in [-0.1, -0.05) is 0 Å². The molecule has 0 saturated heterocycles. The normalized spacial score (nSPS) is 10.2. The molecular weight excluding hydrogens is 223 g/mol. The second-order valence-electron chi connectivity index (χ2n) is 3.59. The lowest BCUT2D eigenvalue weighted by atomic mass is 10.2. The highest BCUT2D eigenvalue weighted by molar-refractivity contribution is 6.06. The molecule has 0 bridgehead atoms. The van der Waals surface area contributed by atoms with Crippen LogP contribution in [0.3, 0.4) is 0 Å². The van der Waals surface area contributed by atoms with Crippen molar-refractivity contribution in [2.75, 3.05) is 11.1 Å². The number of nitrogens with one attached hydrogen (secondary N) is 2. The van der Waals surface area contributed by atoms with E-state index in [0.717, 1.165) is 0 Å². The van der Waals surface area contributed by atoms with Crippen LogP contribution >= 0.6 is 0 Å². The predicted molar refractivity (Wildman–Crippen MR) is 62.1 cm³/mol. The molecular formula is C11H11FN4O. The maximum Gasteiger partial charge on any atom is 0.259 e. The summed E-state index contributed by atoms with van der Waals surface area (Å²) in [6.07, 6.45) is 1.40. The highest BCUT2D eigenvalue weighted by Gasteiger charge is 2.12. The van der Waals surface area contributed by atoms with Crippen LogP contribution in [-0.2, 0) is 0 Å². The molecule has 1 amide bonds. The number of rotatable bonds is 2. The van der Waals surface area contributed by atoms with Crippen molar-refractivity contribution >= 4 is 17.3 Å². The topological polar surface area (TPSA) is 83.8 Å². The predicted octanol–water partition coefficient (Wildman–Crippen LogP) is 1.69. The van der Waals surface area contributed by atoms with Crippen LogP contribution in [0, 0.1) is 12.7 Å². The summed E-state index contributed by atoms with van der Waals surface area (Å²) >= 11 is 0. The number of carbonyl (C=O) groups excluding carboxylic acids is 1. The summed E-state index contributed by atoms with van der Waals surface area (Å²) in [6.45, 7) is 1.72. The molecule has 0 fully saturated rings. The minimum absolute atomic E-state index is 0.246. The minimum atomic E-state index is -0.460. The Morgan fingerprint density at radius 3 is 2.94 bits per heavy atom. The van der Waals surface area contributed by atoms with Crippen LogP contribution in [0.4, 0.5) is 15.8 Å². The van der Waals surface area contributed by atoms with Crippen LogP contribution in [0.5, 0.6) is 0 Å². The fourth-order valence-electron chi connectivity index (χ4n) is 1.41. The third kappa shape index (κ3) is 2.25. The summed E-state index contributed by atoms with van der Waals surface area (Å²) in [5.74, 6) is -0.841. The summed E-state index contributed by atoms with van der Waals surface area (Å²) < 4.78 is 13.0. The smallest absolute Gasteiger partial charge is 0.259 e. The highest BCUT2D eigenvalue weighted by Crippen LogP contribution is 2.20. The van der Waals surface area contributed by atoms with Crippen molar-refractivity contribution in [2.24, 2.45) is 0 Å². The van der Waals surface area contributed by atoms with E-state index in [-0.39, 0.29) is 11.6 Å².